The maximum atomic E-state index is 4.43. The number of hydrogen-bond acceptors (Lipinski definition) is 3. The summed E-state index contributed by atoms with van der Waals surface area (Å²) in [4.78, 5) is 4.43. The van der Waals surface area contributed by atoms with Crippen molar-refractivity contribution < 1.29 is 0 Å². The number of nitrogens with zero attached hydrogens (tertiary/aromatic N) is 3. The summed E-state index contributed by atoms with van der Waals surface area (Å²) in [5.74, 6) is 0. The van der Waals surface area contributed by atoms with Crippen molar-refractivity contribution in [1.29, 1.82) is 0 Å². The van der Waals surface area contributed by atoms with E-state index >= 15 is 0 Å². The van der Waals surface area contributed by atoms with Crippen LogP contribution in [0.3, 0.4) is 0 Å². The summed E-state index contributed by atoms with van der Waals surface area (Å²) in [6, 6.07) is 2.00. The van der Waals surface area contributed by atoms with E-state index in [1.165, 1.54) is 31.2 Å². The Kier molecular flexibility index (Phi) is 3.27. The highest BCUT2D eigenvalue weighted by molar-refractivity contribution is 5.38. The van der Waals surface area contributed by atoms with Gasteiger partial charge in [0.15, 0.2) is 5.65 Å². The summed E-state index contributed by atoms with van der Waals surface area (Å²) in [7, 11) is 0. The highest BCUT2D eigenvalue weighted by Gasteiger charge is 2.40. The first kappa shape index (κ1) is 12.6. The Morgan fingerprint density at radius 3 is 3.00 bits per heavy atom. The topological polar surface area (TPSA) is 42.2 Å². The van der Waals surface area contributed by atoms with E-state index in [4.69, 9.17) is 0 Å². The smallest absolute Gasteiger partial charge is 0.155 e. The van der Waals surface area contributed by atoms with E-state index < -0.39 is 0 Å². The number of rotatable bonds is 6. The molecule has 3 rings (SSSR count). The van der Waals surface area contributed by atoms with Gasteiger partial charge in [-0.3, -0.25) is 0 Å². The first-order valence-corrected chi connectivity index (χ1v) is 7.22. The Hall–Kier alpha value is -1.42. The molecule has 0 amide bonds. The van der Waals surface area contributed by atoms with Gasteiger partial charge in [0.25, 0.3) is 0 Å². The minimum atomic E-state index is 0.606. The summed E-state index contributed by atoms with van der Waals surface area (Å²) in [6.07, 6.45) is 9.45. The molecule has 2 aromatic rings. The first-order chi connectivity index (χ1) is 9.21. The summed E-state index contributed by atoms with van der Waals surface area (Å²) in [5.41, 5.74) is 3.74. The van der Waals surface area contributed by atoms with Crippen LogP contribution < -0.4 is 5.32 Å². The number of aromatic nitrogens is 3. The number of aryl methyl sites for hydroxylation is 1. The van der Waals surface area contributed by atoms with Crippen molar-refractivity contribution in [3.05, 3.63) is 29.7 Å². The second-order valence-electron chi connectivity index (χ2n) is 5.90. The van der Waals surface area contributed by atoms with Crippen LogP contribution in [0.2, 0.25) is 0 Å². The van der Waals surface area contributed by atoms with Gasteiger partial charge in [0.05, 0.1) is 5.69 Å². The molecule has 2 heterocycles. The SMILES string of the molecule is CCCC1(CNCc2cnc3cc(C)nn3c2)CC1. The maximum Gasteiger partial charge on any atom is 0.155 e. The first-order valence-electron chi connectivity index (χ1n) is 7.22. The molecule has 0 aromatic carbocycles. The van der Waals surface area contributed by atoms with Gasteiger partial charge in [-0.1, -0.05) is 13.3 Å². The summed E-state index contributed by atoms with van der Waals surface area (Å²) >= 11 is 0. The molecule has 0 saturated heterocycles. The predicted octanol–water partition coefficient (Wildman–Crippen LogP) is 2.71. The van der Waals surface area contributed by atoms with Gasteiger partial charge in [-0.15, -0.1) is 0 Å². The monoisotopic (exact) mass is 258 g/mol. The fourth-order valence-electron chi connectivity index (χ4n) is 2.82. The highest BCUT2D eigenvalue weighted by atomic mass is 15.2. The zero-order valence-corrected chi connectivity index (χ0v) is 11.8. The van der Waals surface area contributed by atoms with Crippen LogP contribution in [0, 0.1) is 12.3 Å². The van der Waals surface area contributed by atoms with Gasteiger partial charge < -0.3 is 5.32 Å². The molecule has 0 spiro atoms. The van der Waals surface area contributed by atoms with Crippen LogP contribution in [0.4, 0.5) is 0 Å². The number of nitrogens with one attached hydrogen (secondary N) is 1. The second kappa shape index (κ2) is 4.93. The normalized spacial score (nSPS) is 16.9. The molecule has 0 unspecified atom stereocenters. The van der Waals surface area contributed by atoms with E-state index in [1.54, 1.807) is 0 Å². The van der Waals surface area contributed by atoms with Gasteiger partial charge in [0.1, 0.15) is 0 Å². The van der Waals surface area contributed by atoms with Gasteiger partial charge in [-0.05, 0) is 31.6 Å². The van der Waals surface area contributed by atoms with E-state index in [1.807, 2.05) is 23.7 Å². The predicted molar refractivity (Wildman–Crippen MR) is 76.0 cm³/mol. The second-order valence-corrected chi connectivity index (χ2v) is 5.90. The molecule has 0 atom stereocenters. The Bertz CT molecular complexity index is 569. The molecule has 0 bridgehead atoms. The Labute approximate surface area is 114 Å². The molecule has 1 N–H and O–H groups in total. The zero-order chi connectivity index (χ0) is 13.3. The maximum absolute atomic E-state index is 4.43. The van der Waals surface area contributed by atoms with Crippen LogP contribution >= 0.6 is 0 Å². The molecule has 1 fully saturated rings. The zero-order valence-electron chi connectivity index (χ0n) is 11.8. The Morgan fingerprint density at radius 2 is 2.26 bits per heavy atom. The average Bonchev–Trinajstić information content (AvgIpc) is 3.02. The van der Waals surface area contributed by atoms with Crippen LogP contribution in [0.1, 0.15) is 43.9 Å². The van der Waals surface area contributed by atoms with E-state index in [2.05, 4.69) is 28.5 Å². The van der Waals surface area contributed by atoms with Crippen molar-refractivity contribution >= 4 is 5.65 Å². The van der Waals surface area contributed by atoms with Crippen LogP contribution in [0.25, 0.3) is 5.65 Å². The summed E-state index contributed by atoms with van der Waals surface area (Å²) in [5, 5.41) is 7.98. The molecule has 19 heavy (non-hydrogen) atoms. The molecular weight excluding hydrogens is 236 g/mol. The fourth-order valence-corrected chi connectivity index (χ4v) is 2.82. The summed E-state index contributed by atoms with van der Waals surface area (Å²) in [6.45, 7) is 6.29. The van der Waals surface area contributed by atoms with Crippen molar-refractivity contribution in [2.75, 3.05) is 6.54 Å². The van der Waals surface area contributed by atoms with Crippen LogP contribution in [-0.4, -0.2) is 21.1 Å². The van der Waals surface area contributed by atoms with Crippen LogP contribution in [0.5, 0.6) is 0 Å². The molecule has 4 nitrogen and oxygen atoms in total. The van der Waals surface area contributed by atoms with Crippen molar-refractivity contribution in [1.82, 2.24) is 19.9 Å². The van der Waals surface area contributed by atoms with Crippen molar-refractivity contribution in [3.63, 3.8) is 0 Å². The largest absolute Gasteiger partial charge is 0.312 e. The lowest BCUT2D eigenvalue weighted by molar-refractivity contribution is 0.420. The van der Waals surface area contributed by atoms with E-state index in [0.29, 0.717) is 5.41 Å². The molecule has 1 aliphatic carbocycles. The fraction of sp³-hybridized carbons (Fsp3) is 0.600. The van der Waals surface area contributed by atoms with E-state index in [-0.39, 0.29) is 0 Å². The Balaban J connectivity index is 1.59. The molecule has 1 saturated carbocycles. The third-order valence-electron chi connectivity index (χ3n) is 4.06. The van der Waals surface area contributed by atoms with Gasteiger partial charge in [0.2, 0.25) is 0 Å². The van der Waals surface area contributed by atoms with Gasteiger partial charge in [-0.2, -0.15) is 5.10 Å². The van der Waals surface area contributed by atoms with Gasteiger partial charge in [0, 0.05) is 37.1 Å². The van der Waals surface area contributed by atoms with Crippen molar-refractivity contribution in [3.8, 4) is 0 Å². The standard InChI is InChI=1S/C15H22N4/c1-3-4-15(5-6-15)11-16-8-13-9-17-14-7-12(2)18-19(14)10-13/h7,9-10,16H,3-6,8,11H2,1-2H3. The molecule has 2 aromatic heterocycles. The molecular formula is C15H22N4. The molecule has 0 aliphatic heterocycles. The molecule has 0 radical (unpaired) electrons. The highest BCUT2D eigenvalue weighted by Crippen LogP contribution is 2.48. The quantitative estimate of drug-likeness (QED) is 0.866. The lowest BCUT2D eigenvalue weighted by atomic mass is 10.0. The van der Waals surface area contributed by atoms with Crippen LogP contribution in [-0.2, 0) is 6.54 Å². The Morgan fingerprint density at radius 1 is 1.42 bits per heavy atom. The summed E-state index contributed by atoms with van der Waals surface area (Å²) < 4.78 is 1.87. The van der Waals surface area contributed by atoms with E-state index in [0.717, 1.165) is 24.4 Å². The third kappa shape index (κ3) is 2.78. The lowest BCUT2D eigenvalue weighted by Gasteiger charge is -2.14. The average molecular weight is 258 g/mol. The third-order valence-corrected chi connectivity index (χ3v) is 4.06. The molecule has 4 heteroatoms. The molecule has 102 valence electrons. The number of hydrogen-bond donors (Lipinski definition) is 1. The minimum Gasteiger partial charge on any atom is -0.312 e. The number of fused-ring (bicyclic) bond motifs is 1. The van der Waals surface area contributed by atoms with Gasteiger partial charge in [-0.25, -0.2) is 9.50 Å². The van der Waals surface area contributed by atoms with Gasteiger partial charge >= 0.3 is 0 Å². The van der Waals surface area contributed by atoms with Crippen molar-refractivity contribution in [2.24, 2.45) is 5.41 Å². The lowest BCUT2D eigenvalue weighted by Crippen LogP contribution is -2.23. The molecule has 1 aliphatic rings. The van der Waals surface area contributed by atoms with Crippen LogP contribution in [0.15, 0.2) is 18.5 Å². The van der Waals surface area contributed by atoms with E-state index in [9.17, 15) is 0 Å². The van der Waals surface area contributed by atoms with Crippen molar-refractivity contribution in [2.45, 2.75) is 46.1 Å². The minimum absolute atomic E-state index is 0.606.